The molecule has 3 aromatic rings. The van der Waals surface area contributed by atoms with Crippen LogP contribution in [0.5, 0.6) is 0 Å². The number of aromatic nitrogens is 1. The highest BCUT2D eigenvalue weighted by atomic mass is 79.9. The first-order valence-electron chi connectivity index (χ1n) is 8.29. The molecule has 0 bridgehead atoms. The maximum atomic E-state index is 12.8. The Morgan fingerprint density at radius 2 is 1.78 bits per heavy atom. The minimum Gasteiger partial charge on any atom is -0.480 e. The van der Waals surface area contributed by atoms with E-state index in [2.05, 4.69) is 15.9 Å². The molecule has 1 N–H and O–H groups in total. The van der Waals surface area contributed by atoms with Gasteiger partial charge in [-0.25, -0.2) is 4.79 Å². The molecule has 1 aliphatic heterocycles. The Hall–Kier alpha value is -3.17. The van der Waals surface area contributed by atoms with Gasteiger partial charge in [-0.1, -0.05) is 40.2 Å². The van der Waals surface area contributed by atoms with Crippen molar-refractivity contribution >= 4 is 32.8 Å². The van der Waals surface area contributed by atoms with E-state index in [-0.39, 0.29) is 5.57 Å². The van der Waals surface area contributed by atoms with Crippen molar-refractivity contribution in [2.24, 2.45) is 0 Å². The second-order valence-corrected chi connectivity index (χ2v) is 7.12. The number of fused-ring (bicyclic) bond motifs is 1. The predicted molar refractivity (Wildman–Crippen MR) is 101 cm³/mol. The maximum absolute atomic E-state index is 12.8. The smallest absolute Gasteiger partial charge is 0.384 e. The molecule has 0 saturated heterocycles. The molecule has 2 unspecified atom stereocenters. The number of carbonyl (C=O) groups excluding carboxylic acids is 1. The number of ether oxygens (including phenoxy) is 1. The second-order valence-electron chi connectivity index (χ2n) is 6.20. The monoisotopic (exact) mass is 421 g/mol. The van der Waals surface area contributed by atoms with Crippen LogP contribution in [0.25, 0.3) is 10.9 Å². The van der Waals surface area contributed by atoms with Crippen molar-refractivity contribution in [1.29, 1.82) is 5.26 Å². The van der Waals surface area contributed by atoms with Gasteiger partial charge in [0.25, 0.3) is 12.0 Å². The largest absolute Gasteiger partial charge is 0.480 e. The van der Waals surface area contributed by atoms with Crippen molar-refractivity contribution in [3.8, 4) is 6.07 Å². The summed E-state index contributed by atoms with van der Waals surface area (Å²) in [6.07, 6.45) is 1.79. The molecule has 2 atom stereocenters. The van der Waals surface area contributed by atoms with Gasteiger partial charge in [-0.3, -0.25) is 0 Å². The average Bonchev–Trinajstić information content (AvgIpc) is 2.68. The van der Waals surface area contributed by atoms with Crippen LogP contribution in [0.15, 0.2) is 82.9 Å². The van der Waals surface area contributed by atoms with Crippen LogP contribution in [-0.4, -0.2) is 11.1 Å². The van der Waals surface area contributed by atoms with E-state index >= 15 is 0 Å². The third-order valence-electron chi connectivity index (χ3n) is 4.68. The number of halogens is 1. The molecule has 0 amide bonds. The van der Waals surface area contributed by atoms with Gasteiger partial charge < -0.3 is 9.84 Å². The van der Waals surface area contributed by atoms with Gasteiger partial charge in [0.2, 0.25) is 5.52 Å². The summed E-state index contributed by atoms with van der Waals surface area (Å²) in [7, 11) is 0. The van der Waals surface area contributed by atoms with Crippen molar-refractivity contribution in [3.63, 3.8) is 0 Å². The zero-order valence-corrected chi connectivity index (χ0v) is 15.6. The summed E-state index contributed by atoms with van der Waals surface area (Å²) in [5.74, 6) is -1.91. The first-order chi connectivity index (χ1) is 13.1. The van der Waals surface area contributed by atoms with Gasteiger partial charge in [0.15, 0.2) is 6.20 Å². The van der Waals surface area contributed by atoms with E-state index in [4.69, 9.17) is 4.74 Å². The number of benzene rings is 2. The summed E-state index contributed by atoms with van der Waals surface area (Å²) in [5.41, 5.74) is 1.61. The lowest BCUT2D eigenvalue weighted by atomic mass is 9.83. The van der Waals surface area contributed by atoms with Gasteiger partial charge in [-0.15, -0.1) is 0 Å². The lowest BCUT2D eigenvalue weighted by Gasteiger charge is -2.26. The number of aliphatic hydroxyl groups is 1. The van der Waals surface area contributed by atoms with E-state index in [1.54, 1.807) is 10.8 Å². The first kappa shape index (κ1) is 17.3. The van der Waals surface area contributed by atoms with Crippen molar-refractivity contribution in [2.75, 3.05) is 0 Å². The van der Waals surface area contributed by atoms with E-state index < -0.39 is 23.9 Å². The fourth-order valence-electron chi connectivity index (χ4n) is 3.47. The molecule has 2 aromatic carbocycles. The minimum atomic E-state index is -0.817. The van der Waals surface area contributed by atoms with E-state index in [0.29, 0.717) is 0 Å². The highest BCUT2D eigenvalue weighted by Gasteiger charge is 2.48. The summed E-state index contributed by atoms with van der Waals surface area (Å²) in [6.45, 7) is 0. The second kappa shape index (κ2) is 6.86. The number of esters is 1. The number of nitrogens with zero attached hydrogens (tertiary/aromatic N) is 2. The Labute approximate surface area is 163 Å². The minimum absolute atomic E-state index is 0.0300. The number of para-hydroxylation sites is 1. The quantitative estimate of drug-likeness (QED) is 0.499. The van der Waals surface area contributed by atoms with Crippen molar-refractivity contribution < 1.29 is 19.2 Å². The Morgan fingerprint density at radius 3 is 2.52 bits per heavy atom. The lowest BCUT2D eigenvalue weighted by Crippen LogP contribution is -2.50. The number of carbonyl (C=O) groups is 1. The van der Waals surface area contributed by atoms with Crippen LogP contribution in [0.3, 0.4) is 0 Å². The van der Waals surface area contributed by atoms with E-state index in [9.17, 15) is 15.2 Å². The molecule has 0 saturated carbocycles. The topological polar surface area (TPSA) is 74.2 Å². The van der Waals surface area contributed by atoms with Crippen molar-refractivity contribution in [3.05, 3.63) is 88.4 Å². The van der Waals surface area contributed by atoms with E-state index in [1.165, 1.54) is 0 Å². The number of hydrogen-bond donors (Lipinski definition) is 1. The average molecular weight is 422 g/mol. The first-order valence-corrected chi connectivity index (χ1v) is 9.08. The zero-order valence-electron chi connectivity index (χ0n) is 14.0. The van der Waals surface area contributed by atoms with Crippen LogP contribution in [0.2, 0.25) is 0 Å². The van der Waals surface area contributed by atoms with Crippen LogP contribution in [0, 0.1) is 11.3 Å². The van der Waals surface area contributed by atoms with Gasteiger partial charge in [-0.05, 0) is 29.8 Å². The summed E-state index contributed by atoms with van der Waals surface area (Å²) in [6, 6.07) is 20.0. The molecule has 4 rings (SSSR count). The number of rotatable bonds is 2. The molecule has 5 nitrogen and oxygen atoms in total. The molecular weight excluding hydrogens is 408 g/mol. The number of cyclic esters (lactones) is 1. The van der Waals surface area contributed by atoms with Gasteiger partial charge in [0.05, 0.1) is 5.92 Å². The number of allylic oxidation sites excluding steroid dienone is 1. The normalized spacial score (nSPS) is 19.6. The Bertz CT molecular complexity index is 1110. The summed E-state index contributed by atoms with van der Waals surface area (Å²) >= 11 is 3.39. The Kier molecular flexibility index (Phi) is 4.38. The van der Waals surface area contributed by atoms with Crippen LogP contribution >= 0.6 is 15.9 Å². The number of nitriles is 1. The summed E-state index contributed by atoms with van der Waals surface area (Å²) in [5, 5.41) is 20.7. The molecule has 132 valence electrons. The molecular formula is C21H14BrN2O3+. The molecule has 1 aliphatic rings. The van der Waals surface area contributed by atoms with Gasteiger partial charge >= 0.3 is 5.97 Å². The van der Waals surface area contributed by atoms with Crippen LogP contribution in [0.1, 0.15) is 17.5 Å². The van der Waals surface area contributed by atoms with E-state index in [0.717, 1.165) is 20.9 Å². The lowest BCUT2D eigenvalue weighted by molar-refractivity contribution is -0.688. The Morgan fingerprint density at radius 1 is 1.07 bits per heavy atom. The van der Waals surface area contributed by atoms with Crippen molar-refractivity contribution in [2.45, 2.75) is 12.0 Å². The fourth-order valence-corrected chi connectivity index (χ4v) is 3.74. The summed E-state index contributed by atoms with van der Waals surface area (Å²) in [4.78, 5) is 12.8. The van der Waals surface area contributed by atoms with Crippen LogP contribution in [-0.2, 0) is 9.53 Å². The number of hydrogen-bond acceptors (Lipinski definition) is 4. The van der Waals surface area contributed by atoms with Crippen LogP contribution < -0.4 is 4.57 Å². The van der Waals surface area contributed by atoms with Crippen molar-refractivity contribution in [1.82, 2.24) is 0 Å². The molecule has 6 heteroatoms. The third kappa shape index (κ3) is 2.96. The van der Waals surface area contributed by atoms with Gasteiger partial charge in [-0.2, -0.15) is 9.83 Å². The standard InChI is InChI=1S/C21H13BrN2O3/c22-15-9-7-14(8-10-15)18-16(12-23)20(25)27-21(26)19(18)24-11-3-5-13-4-1-2-6-17(13)24/h1-11,18-19H/p+1. The maximum Gasteiger partial charge on any atom is 0.384 e. The third-order valence-corrected chi connectivity index (χ3v) is 5.21. The number of aliphatic hydroxyl groups excluding tert-OH is 1. The molecule has 2 heterocycles. The van der Waals surface area contributed by atoms with Gasteiger partial charge in [0.1, 0.15) is 11.6 Å². The molecule has 1 aromatic heterocycles. The van der Waals surface area contributed by atoms with Gasteiger partial charge in [0, 0.05) is 22.0 Å². The fraction of sp³-hybridized carbons (Fsp3) is 0.0952. The molecule has 27 heavy (non-hydrogen) atoms. The predicted octanol–water partition coefficient (Wildman–Crippen LogP) is 4.06. The van der Waals surface area contributed by atoms with E-state index in [1.807, 2.05) is 66.7 Å². The number of pyridine rings is 1. The summed E-state index contributed by atoms with van der Waals surface area (Å²) < 4.78 is 7.70. The molecule has 0 aliphatic carbocycles. The Balaban J connectivity index is 1.97. The SMILES string of the molecule is N#CC1=C(O)OC(=O)C([n+]2cccc3ccccc32)C1c1ccc(Br)cc1. The molecule has 0 spiro atoms. The highest BCUT2D eigenvalue weighted by Crippen LogP contribution is 2.39. The van der Waals surface area contributed by atoms with Crippen LogP contribution in [0.4, 0.5) is 0 Å². The zero-order chi connectivity index (χ0) is 19.0. The highest BCUT2D eigenvalue weighted by molar-refractivity contribution is 9.10. The molecule has 0 radical (unpaired) electrons. The molecule has 0 fully saturated rings.